The van der Waals surface area contributed by atoms with Gasteiger partial charge in [-0.05, 0) is 47.0 Å². The van der Waals surface area contributed by atoms with Gasteiger partial charge < -0.3 is 15.1 Å². The number of nitrogens with zero attached hydrogens (tertiary/aromatic N) is 1. The van der Waals surface area contributed by atoms with Crippen LogP contribution in [0.2, 0.25) is 0 Å². The van der Waals surface area contributed by atoms with Crippen LogP contribution in [0.25, 0.3) is 0 Å². The highest BCUT2D eigenvalue weighted by Crippen LogP contribution is 2.26. The molecule has 1 aromatic rings. The molecule has 1 aromatic carbocycles. The molecule has 2 rings (SSSR count). The first-order chi connectivity index (χ1) is 8.50. The maximum Gasteiger partial charge on any atom is 0.326 e. The number of benzene rings is 1. The van der Waals surface area contributed by atoms with Crippen LogP contribution in [0.3, 0.4) is 0 Å². The van der Waals surface area contributed by atoms with E-state index in [1.165, 1.54) is 11.0 Å². The minimum atomic E-state index is -0.984. The third-order valence-electron chi connectivity index (χ3n) is 2.99. The van der Waals surface area contributed by atoms with Crippen LogP contribution in [-0.4, -0.2) is 39.6 Å². The zero-order chi connectivity index (χ0) is 13.3. The Morgan fingerprint density at radius 2 is 2.11 bits per heavy atom. The molecular formula is C12H12BrNO4. The van der Waals surface area contributed by atoms with Crippen molar-refractivity contribution in [3.63, 3.8) is 0 Å². The van der Waals surface area contributed by atoms with Gasteiger partial charge in [-0.1, -0.05) is 0 Å². The van der Waals surface area contributed by atoms with Gasteiger partial charge in [0.05, 0.1) is 4.47 Å². The molecule has 6 heteroatoms. The Labute approximate surface area is 112 Å². The second-order valence-corrected chi connectivity index (χ2v) is 5.02. The lowest BCUT2D eigenvalue weighted by atomic mass is 10.1. The quantitative estimate of drug-likeness (QED) is 0.873. The number of phenols is 1. The lowest BCUT2D eigenvalue weighted by Gasteiger charge is -2.21. The molecule has 1 heterocycles. The lowest BCUT2D eigenvalue weighted by Crippen LogP contribution is -2.40. The van der Waals surface area contributed by atoms with E-state index in [9.17, 15) is 14.7 Å². The molecule has 18 heavy (non-hydrogen) atoms. The summed E-state index contributed by atoms with van der Waals surface area (Å²) in [7, 11) is 0. The zero-order valence-corrected chi connectivity index (χ0v) is 11.1. The summed E-state index contributed by atoms with van der Waals surface area (Å²) in [6, 6.07) is 3.70. The van der Waals surface area contributed by atoms with E-state index in [1.54, 1.807) is 12.1 Å². The highest BCUT2D eigenvalue weighted by molar-refractivity contribution is 9.10. The normalized spacial score (nSPS) is 18.9. The van der Waals surface area contributed by atoms with Crippen molar-refractivity contribution in [2.45, 2.75) is 18.9 Å². The van der Waals surface area contributed by atoms with Crippen LogP contribution in [0, 0.1) is 0 Å². The van der Waals surface area contributed by atoms with Crippen LogP contribution in [0.1, 0.15) is 23.2 Å². The predicted octanol–water partition coefficient (Wildman–Crippen LogP) is 1.84. The second kappa shape index (κ2) is 4.97. The molecule has 5 nitrogen and oxygen atoms in total. The van der Waals surface area contributed by atoms with Crippen LogP contribution in [-0.2, 0) is 4.79 Å². The Bertz CT molecular complexity index is 503. The molecule has 1 fully saturated rings. The molecule has 1 atom stereocenters. The Morgan fingerprint density at radius 1 is 1.39 bits per heavy atom. The molecule has 0 spiro atoms. The first-order valence-corrected chi connectivity index (χ1v) is 6.32. The number of carbonyl (C=O) groups is 2. The van der Waals surface area contributed by atoms with Gasteiger partial charge in [0.25, 0.3) is 5.91 Å². The molecular weight excluding hydrogens is 302 g/mol. The number of rotatable bonds is 2. The number of hydrogen-bond donors (Lipinski definition) is 2. The average Bonchev–Trinajstić information content (AvgIpc) is 2.81. The zero-order valence-electron chi connectivity index (χ0n) is 9.47. The molecule has 1 unspecified atom stereocenters. The van der Waals surface area contributed by atoms with Gasteiger partial charge in [0.15, 0.2) is 0 Å². The highest BCUT2D eigenvalue weighted by atomic mass is 79.9. The van der Waals surface area contributed by atoms with Crippen molar-refractivity contribution in [2.24, 2.45) is 0 Å². The summed E-state index contributed by atoms with van der Waals surface area (Å²) >= 11 is 3.13. The van der Waals surface area contributed by atoms with Gasteiger partial charge in [-0.2, -0.15) is 0 Å². The van der Waals surface area contributed by atoms with E-state index in [2.05, 4.69) is 15.9 Å². The van der Waals surface area contributed by atoms with Crippen molar-refractivity contribution >= 4 is 27.8 Å². The minimum absolute atomic E-state index is 0.0353. The van der Waals surface area contributed by atoms with E-state index < -0.39 is 12.0 Å². The van der Waals surface area contributed by atoms with E-state index in [4.69, 9.17) is 5.11 Å². The molecule has 1 aliphatic heterocycles. The monoisotopic (exact) mass is 313 g/mol. The van der Waals surface area contributed by atoms with E-state index in [0.29, 0.717) is 29.4 Å². The van der Waals surface area contributed by atoms with Crippen molar-refractivity contribution in [1.29, 1.82) is 0 Å². The number of carboxylic acid groups (broad SMARTS) is 1. The fourth-order valence-electron chi connectivity index (χ4n) is 2.08. The van der Waals surface area contributed by atoms with Gasteiger partial charge >= 0.3 is 5.97 Å². The number of hydrogen-bond acceptors (Lipinski definition) is 3. The van der Waals surface area contributed by atoms with Crippen molar-refractivity contribution in [3.8, 4) is 5.75 Å². The smallest absolute Gasteiger partial charge is 0.326 e. The first kappa shape index (κ1) is 12.9. The molecule has 2 N–H and O–H groups in total. The van der Waals surface area contributed by atoms with Crippen LogP contribution < -0.4 is 0 Å². The van der Waals surface area contributed by atoms with Crippen LogP contribution in [0.4, 0.5) is 0 Å². The number of carbonyl (C=O) groups excluding carboxylic acids is 1. The summed E-state index contributed by atoms with van der Waals surface area (Å²) in [6.45, 7) is 0.437. The molecule has 0 radical (unpaired) electrons. The topological polar surface area (TPSA) is 77.8 Å². The number of amides is 1. The molecule has 96 valence electrons. The van der Waals surface area contributed by atoms with Crippen LogP contribution in [0.5, 0.6) is 5.75 Å². The maximum atomic E-state index is 12.2. The Kier molecular flexibility index (Phi) is 3.56. The Morgan fingerprint density at radius 3 is 2.72 bits per heavy atom. The van der Waals surface area contributed by atoms with Gasteiger partial charge in [-0.25, -0.2) is 4.79 Å². The van der Waals surface area contributed by atoms with E-state index in [0.717, 1.165) is 0 Å². The van der Waals surface area contributed by atoms with Gasteiger partial charge in [0.2, 0.25) is 0 Å². The number of halogens is 1. The number of likely N-dealkylation sites (tertiary alicyclic amines) is 1. The van der Waals surface area contributed by atoms with Crippen molar-refractivity contribution in [2.75, 3.05) is 6.54 Å². The van der Waals surface area contributed by atoms with Crippen molar-refractivity contribution in [3.05, 3.63) is 28.2 Å². The summed E-state index contributed by atoms with van der Waals surface area (Å²) in [5.41, 5.74) is 0.295. The summed E-state index contributed by atoms with van der Waals surface area (Å²) in [6.07, 6.45) is 1.16. The minimum Gasteiger partial charge on any atom is -0.507 e. The molecule has 0 saturated carbocycles. The summed E-state index contributed by atoms with van der Waals surface area (Å²) in [4.78, 5) is 24.5. The third kappa shape index (κ3) is 2.33. The molecule has 0 bridgehead atoms. The van der Waals surface area contributed by atoms with Gasteiger partial charge in [-0.3, -0.25) is 4.79 Å². The second-order valence-electron chi connectivity index (χ2n) is 4.16. The highest BCUT2D eigenvalue weighted by Gasteiger charge is 2.34. The fourth-order valence-corrected chi connectivity index (χ4v) is 2.32. The maximum absolute atomic E-state index is 12.2. The standard InChI is InChI=1S/C12H12BrNO4/c13-8-4-3-7(6-10(8)15)11(16)14-5-1-2-9(14)12(17)18/h3-4,6,9,15H,1-2,5H2,(H,17,18). The lowest BCUT2D eigenvalue weighted by molar-refractivity contribution is -0.141. The van der Waals surface area contributed by atoms with E-state index in [1.807, 2.05) is 0 Å². The molecule has 0 aromatic heterocycles. The van der Waals surface area contributed by atoms with Gasteiger partial charge in [-0.15, -0.1) is 0 Å². The number of carboxylic acids is 1. The number of phenolic OH excluding ortho intramolecular Hbond substituents is 1. The average molecular weight is 314 g/mol. The molecule has 0 aliphatic carbocycles. The third-order valence-corrected chi connectivity index (χ3v) is 3.66. The Balaban J connectivity index is 2.25. The molecule has 1 saturated heterocycles. The van der Waals surface area contributed by atoms with Crippen molar-refractivity contribution in [1.82, 2.24) is 4.90 Å². The number of aliphatic carboxylic acids is 1. The Hall–Kier alpha value is -1.56. The summed E-state index contributed by atoms with van der Waals surface area (Å²) in [5.74, 6) is -1.38. The van der Waals surface area contributed by atoms with Crippen LogP contribution in [0.15, 0.2) is 22.7 Å². The first-order valence-electron chi connectivity index (χ1n) is 5.53. The molecule has 1 amide bonds. The van der Waals surface area contributed by atoms with E-state index in [-0.39, 0.29) is 11.7 Å². The summed E-state index contributed by atoms with van der Waals surface area (Å²) < 4.78 is 0.496. The van der Waals surface area contributed by atoms with Gasteiger partial charge in [0, 0.05) is 12.1 Å². The largest absolute Gasteiger partial charge is 0.507 e. The molecule has 1 aliphatic rings. The number of aromatic hydroxyl groups is 1. The van der Waals surface area contributed by atoms with Crippen molar-refractivity contribution < 1.29 is 19.8 Å². The predicted molar refractivity (Wildman–Crippen MR) is 67.5 cm³/mol. The summed E-state index contributed by atoms with van der Waals surface area (Å²) in [5, 5.41) is 18.6. The fraction of sp³-hybridized carbons (Fsp3) is 0.333. The SMILES string of the molecule is O=C(O)C1CCCN1C(=O)c1ccc(Br)c(O)c1. The van der Waals surface area contributed by atoms with Gasteiger partial charge in [0.1, 0.15) is 11.8 Å². The van der Waals surface area contributed by atoms with Crippen LogP contribution >= 0.6 is 15.9 Å². The van der Waals surface area contributed by atoms with E-state index >= 15 is 0 Å².